The summed E-state index contributed by atoms with van der Waals surface area (Å²) in [5, 5.41) is 16.8. The van der Waals surface area contributed by atoms with Crippen molar-refractivity contribution < 1.29 is 9.50 Å². The zero-order valence-electron chi connectivity index (χ0n) is 12.4. The smallest absolute Gasteiger partial charge is 0.146 e. The molecule has 0 aromatic heterocycles. The fourth-order valence-corrected chi connectivity index (χ4v) is 2.88. The number of hydrogen-bond acceptors (Lipinski definition) is 4. The zero-order chi connectivity index (χ0) is 15.4. The summed E-state index contributed by atoms with van der Waals surface area (Å²) in [6.07, 6.45) is 1.25. The summed E-state index contributed by atoms with van der Waals surface area (Å²) in [5.74, 6) is -0.426. The van der Waals surface area contributed by atoms with Gasteiger partial charge in [0.05, 0.1) is 11.1 Å². The van der Waals surface area contributed by atoms with Crippen LogP contribution < -0.4 is 10.6 Å². The predicted octanol–water partition coefficient (Wildman–Crippen LogP) is 1.74. The van der Waals surface area contributed by atoms with Crippen molar-refractivity contribution in [1.82, 2.24) is 15.5 Å². The molecule has 3 N–H and O–H groups in total. The van der Waals surface area contributed by atoms with Gasteiger partial charge in [0.15, 0.2) is 0 Å². The van der Waals surface area contributed by atoms with E-state index in [1.807, 2.05) is 19.0 Å². The van der Waals surface area contributed by atoms with Gasteiger partial charge in [0, 0.05) is 18.2 Å². The van der Waals surface area contributed by atoms with Crippen LogP contribution in [0.2, 0.25) is 5.02 Å². The third-order valence-corrected chi connectivity index (χ3v) is 4.05. The summed E-state index contributed by atoms with van der Waals surface area (Å²) in [6.45, 7) is 1.48. The Morgan fingerprint density at radius 3 is 2.90 bits per heavy atom. The molecule has 0 aliphatic carbocycles. The number of benzene rings is 1. The van der Waals surface area contributed by atoms with E-state index in [-0.39, 0.29) is 17.1 Å². The van der Waals surface area contributed by atoms with Crippen LogP contribution in [0.5, 0.6) is 0 Å². The lowest BCUT2D eigenvalue weighted by Gasteiger charge is -2.29. The first-order valence-corrected chi connectivity index (χ1v) is 7.63. The van der Waals surface area contributed by atoms with Crippen molar-refractivity contribution in [2.24, 2.45) is 0 Å². The van der Waals surface area contributed by atoms with Crippen LogP contribution in [0.3, 0.4) is 0 Å². The van der Waals surface area contributed by atoms with Gasteiger partial charge in [-0.1, -0.05) is 23.7 Å². The molecule has 6 heteroatoms. The molecule has 1 heterocycles. The Balaban J connectivity index is 2.15. The van der Waals surface area contributed by atoms with E-state index in [1.165, 1.54) is 6.07 Å². The molecule has 118 valence electrons. The van der Waals surface area contributed by atoms with Crippen molar-refractivity contribution in [3.8, 4) is 0 Å². The summed E-state index contributed by atoms with van der Waals surface area (Å²) in [5.41, 5.74) is 0.480. The van der Waals surface area contributed by atoms with Gasteiger partial charge in [0.25, 0.3) is 0 Å². The van der Waals surface area contributed by atoms with Gasteiger partial charge in [-0.3, -0.25) is 5.32 Å². The van der Waals surface area contributed by atoms with Crippen molar-refractivity contribution in [2.75, 3.05) is 27.2 Å². The number of aliphatic hydroxyl groups is 1. The maximum absolute atomic E-state index is 14.2. The van der Waals surface area contributed by atoms with Crippen molar-refractivity contribution in [2.45, 2.75) is 31.2 Å². The summed E-state index contributed by atoms with van der Waals surface area (Å²) >= 11 is 5.87. The molecule has 3 atom stereocenters. The molecule has 0 bridgehead atoms. The summed E-state index contributed by atoms with van der Waals surface area (Å²) in [7, 11) is 3.83. The van der Waals surface area contributed by atoms with Gasteiger partial charge in [0.1, 0.15) is 12.0 Å². The average molecular weight is 316 g/mol. The molecule has 1 aliphatic rings. The number of rotatable bonds is 6. The van der Waals surface area contributed by atoms with E-state index in [0.717, 1.165) is 19.4 Å². The van der Waals surface area contributed by atoms with E-state index in [9.17, 15) is 9.50 Å². The maximum Gasteiger partial charge on any atom is 0.146 e. The van der Waals surface area contributed by atoms with Gasteiger partial charge < -0.3 is 15.3 Å². The van der Waals surface area contributed by atoms with Gasteiger partial charge in [-0.05, 0) is 39.5 Å². The Morgan fingerprint density at radius 1 is 1.52 bits per heavy atom. The van der Waals surface area contributed by atoms with Crippen LogP contribution in [0, 0.1) is 5.82 Å². The second-order valence-electron chi connectivity index (χ2n) is 5.77. The normalized spacial score (nSPS) is 21.7. The molecular formula is C15H23ClFN3O. The molecule has 0 radical (unpaired) electrons. The first kappa shape index (κ1) is 16.6. The average Bonchev–Trinajstić information content (AvgIpc) is 2.94. The topological polar surface area (TPSA) is 47.5 Å². The fraction of sp³-hybridized carbons (Fsp3) is 0.600. The van der Waals surface area contributed by atoms with Gasteiger partial charge >= 0.3 is 0 Å². The van der Waals surface area contributed by atoms with Crippen LogP contribution in [-0.4, -0.2) is 49.5 Å². The molecule has 2 rings (SSSR count). The van der Waals surface area contributed by atoms with E-state index in [2.05, 4.69) is 10.6 Å². The van der Waals surface area contributed by atoms with E-state index in [4.69, 9.17) is 11.6 Å². The van der Waals surface area contributed by atoms with Crippen LogP contribution in [0.4, 0.5) is 4.39 Å². The Bertz CT molecular complexity index is 466. The molecular weight excluding hydrogens is 293 g/mol. The molecule has 1 aliphatic heterocycles. The minimum absolute atomic E-state index is 0.0110. The summed E-state index contributed by atoms with van der Waals surface area (Å²) in [6, 6.07) is 4.65. The first-order chi connectivity index (χ1) is 9.99. The van der Waals surface area contributed by atoms with Crippen molar-refractivity contribution in [3.63, 3.8) is 0 Å². The van der Waals surface area contributed by atoms with E-state index < -0.39 is 12.0 Å². The van der Waals surface area contributed by atoms with Gasteiger partial charge in [-0.15, -0.1) is 0 Å². The van der Waals surface area contributed by atoms with Crippen molar-refractivity contribution in [1.29, 1.82) is 0 Å². The first-order valence-electron chi connectivity index (χ1n) is 7.25. The highest BCUT2D eigenvalue weighted by Crippen LogP contribution is 2.24. The van der Waals surface area contributed by atoms with Crippen molar-refractivity contribution in [3.05, 3.63) is 34.6 Å². The third-order valence-electron chi connectivity index (χ3n) is 3.76. The van der Waals surface area contributed by atoms with Crippen LogP contribution in [0.15, 0.2) is 18.2 Å². The monoisotopic (exact) mass is 315 g/mol. The largest absolute Gasteiger partial charge is 0.377 e. The second-order valence-corrected chi connectivity index (χ2v) is 6.18. The van der Waals surface area contributed by atoms with Crippen molar-refractivity contribution >= 4 is 11.6 Å². The molecule has 3 unspecified atom stereocenters. The number of aliphatic hydroxyl groups excluding tert-OH is 1. The standard InChI is InChI=1S/C15H23ClFN3O/c1-20(2)9-13(10-5-3-6-11(16)14(10)17)19-15(21)12-7-4-8-18-12/h3,5-6,12-13,15,18-19,21H,4,7-9H2,1-2H3. The molecule has 1 saturated heterocycles. The Morgan fingerprint density at radius 2 is 2.29 bits per heavy atom. The highest BCUT2D eigenvalue weighted by Gasteiger charge is 2.27. The lowest BCUT2D eigenvalue weighted by molar-refractivity contribution is 0.0822. The quantitative estimate of drug-likeness (QED) is 0.700. The van der Waals surface area contributed by atoms with E-state index in [0.29, 0.717) is 12.1 Å². The predicted molar refractivity (Wildman–Crippen MR) is 82.9 cm³/mol. The van der Waals surface area contributed by atoms with E-state index >= 15 is 0 Å². The van der Waals surface area contributed by atoms with Gasteiger partial charge in [-0.25, -0.2) is 4.39 Å². The summed E-state index contributed by atoms with van der Waals surface area (Å²) in [4.78, 5) is 1.95. The fourth-order valence-electron chi connectivity index (χ4n) is 2.70. The third kappa shape index (κ3) is 4.37. The molecule has 1 aromatic rings. The molecule has 0 saturated carbocycles. The number of halogens is 2. The zero-order valence-corrected chi connectivity index (χ0v) is 13.2. The van der Waals surface area contributed by atoms with Gasteiger partial charge in [-0.2, -0.15) is 0 Å². The van der Waals surface area contributed by atoms with Gasteiger partial charge in [0.2, 0.25) is 0 Å². The highest BCUT2D eigenvalue weighted by molar-refractivity contribution is 6.30. The number of hydrogen-bond donors (Lipinski definition) is 3. The number of nitrogens with zero attached hydrogens (tertiary/aromatic N) is 1. The lowest BCUT2D eigenvalue weighted by Crippen LogP contribution is -2.48. The Labute approximate surface area is 130 Å². The van der Waals surface area contributed by atoms with Crippen LogP contribution >= 0.6 is 11.6 Å². The minimum Gasteiger partial charge on any atom is -0.377 e. The molecule has 0 amide bonds. The highest BCUT2D eigenvalue weighted by atomic mass is 35.5. The van der Waals surface area contributed by atoms with Crippen LogP contribution in [0.25, 0.3) is 0 Å². The SMILES string of the molecule is CN(C)CC(NC(O)C1CCCN1)c1cccc(Cl)c1F. The number of likely N-dealkylation sites (N-methyl/N-ethyl adjacent to an activating group) is 1. The molecule has 1 aromatic carbocycles. The molecule has 1 fully saturated rings. The second kappa shape index (κ2) is 7.51. The van der Waals surface area contributed by atoms with Crippen LogP contribution in [0.1, 0.15) is 24.4 Å². The summed E-state index contributed by atoms with van der Waals surface area (Å²) < 4.78 is 14.2. The minimum atomic E-state index is -0.712. The Kier molecular flexibility index (Phi) is 5.96. The van der Waals surface area contributed by atoms with Crippen LogP contribution in [-0.2, 0) is 0 Å². The maximum atomic E-state index is 14.2. The molecule has 21 heavy (non-hydrogen) atoms. The number of nitrogens with one attached hydrogen (secondary N) is 2. The molecule has 0 spiro atoms. The lowest BCUT2D eigenvalue weighted by atomic mass is 10.0. The Hall–Kier alpha value is -0.720. The van der Waals surface area contributed by atoms with E-state index in [1.54, 1.807) is 12.1 Å². The molecule has 4 nitrogen and oxygen atoms in total.